The Morgan fingerprint density at radius 2 is 1.69 bits per heavy atom. The minimum absolute atomic E-state index is 0.309. The fraction of sp³-hybridized carbons (Fsp3) is 0.250. The van der Waals surface area contributed by atoms with Crippen molar-refractivity contribution in [3.8, 4) is 0 Å². The third kappa shape index (κ3) is 3.79. The van der Waals surface area contributed by atoms with Gasteiger partial charge in [-0.25, -0.2) is 14.2 Å². The number of halogens is 1. The number of benzene rings is 2. The average Bonchev–Trinajstić information content (AvgIpc) is 2.79. The molecule has 2 N–H and O–H groups in total. The van der Waals surface area contributed by atoms with E-state index < -0.39 is 0 Å². The number of amidine groups is 1. The summed E-state index contributed by atoms with van der Waals surface area (Å²) in [4.78, 5) is 21.6. The number of rotatable bonds is 3. The number of fused-ring (bicyclic) bond motifs is 1. The second-order valence-electron chi connectivity index (χ2n) is 5.91. The van der Waals surface area contributed by atoms with Crippen LogP contribution < -0.4 is 10.6 Å². The highest BCUT2D eigenvalue weighted by molar-refractivity contribution is 6.17. The number of hydrogen-bond donors (Lipinski definition) is 2. The molecule has 2 amide bonds. The van der Waals surface area contributed by atoms with Crippen molar-refractivity contribution in [3.05, 3.63) is 59.9 Å². The Kier molecular flexibility index (Phi) is 5.41. The fourth-order valence-electron chi connectivity index (χ4n) is 2.93. The van der Waals surface area contributed by atoms with Crippen molar-refractivity contribution >= 4 is 29.0 Å². The third-order valence-corrected chi connectivity index (χ3v) is 4.14. The van der Waals surface area contributed by atoms with Gasteiger partial charge in [-0.05, 0) is 43.2 Å². The lowest BCUT2D eigenvalue weighted by Gasteiger charge is -2.20. The van der Waals surface area contributed by atoms with Crippen LogP contribution in [0.5, 0.6) is 0 Å². The zero-order chi connectivity index (χ0) is 18.5. The Morgan fingerprint density at radius 3 is 2.31 bits per heavy atom. The number of carbonyl (C=O) groups is 1. The normalized spacial score (nSPS) is 16.0. The van der Waals surface area contributed by atoms with E-state index in [0.717, 1.165) is 17.0 Å². The topological polar surface area (TPSA) is 65.8 Å². The van der Waals surface area contributed by atoms with Crippen LogP contribution in [0.25, 0.3) is 0 Å². The molecule has 0 radical (unpaired) electrons. The first-order valence-electron chi connectivity index (χ1n) is 8.67. The molecule has 0 saturated carbocycles. The number of nitrogens with zero attached hydrogens (tertiary/aromatic N) is 2. The van der Waals surface area contributed by atoms with Crippen LogP contribution in [0.2, 0.25) is 0 Å². The molecule has 6 heteroatoms. The first kappa shape index (κ1) is 17.8. The van der Waals surface area contributed by atoms with Crippen LogP contribution in [0.1, 0.15) is 31.7 Å². The van der Waals surface area contributed by atoms with Crippen LogP contribution in [0, 0.1) is 5.82 Å². The molecule has 2 aromatic carbocycles. The molecule has 134 valence electrons. The number of urea groups is 1. The van der Waals surface area contributed by atoms with Gasteiger partial charge in [-0.3, -0.25) is 10.3 Å². The molecule has 0 saturated heterocycles. The second-order valence-corrected chi connectivity index (χ2v) is 5.91. The zero-order valence-electron chi connectivity index (χ0n) is 14.8. The van der Waals surface area contributed by atoms with E-state index in [1.807, 2.05) is 38.1 Å². The van der Waals surface area contributed by atoms with E-state index in [0.29, 0.717) is 24.5 Å². The molecule has 0 spiro atoms. The quantitative estimate of drug-likeness (QED) is 0.842. The van der Waals surface area contributed by atoms with Gasteiger partial charge in [0.15, 0.2) is 0 Å². The monoisotopic (exact) mass is 352 g/mol. The van der Waals surface area contributed by atoms with Gasteiger partial charge in [-0.1, -0.05) is 31.2 Å². The summed E-state index contributed by atoms with van der Waals surface area (Å²) in [5.74, 6) is -0.181. The maximum Gasteiger partial charge on any atom is 0.320 e. The van der Waals surface area contributed by atoms with Crippen molar-refractivity contribution in [2.24, 2.45) is 9.98 Å². The minimum Gasteiger partial charge on any atom is -0.338 e. The standard InChI is InChI=1S/C20H21FN4O/c1-3-15-18(13-9-11-14(21)12-10-13)19(25-20(26)22-4-2)24-17-8-6-5-7-16(17)23-15/h5-12,18H,3-4H2,1-2H3,(H2,22,24,25,26)/t18-/m1/s1. The SMILES string of the molecule is CCNC(=O)NC1=Nc2ccccc2N=C(CC)[C@H]1c1ccc(F)cc1. The Morgan fingerprint density at radius 1 is 1.04 bits per heavy atom. The van der Waals surface area contributed by atoms with Crippen molar-refractivity contribution in [2.45, 2.75) is 26.2 Å². The summed E-state index contributed by atoms with van der Waals surface area (Å²) >= 11 is 0. The highest BCUT2D eigenvalue weighted by Crippen LogP contribution is 2.35. The summed E-state index contributed by atoms with van der Waals surface area (Å²) in [5, 5.41) is 5.57. The molecule has 0 unspecified atom stereocenters. The number of carbonyl (C=O) groups excluding carboxylic acids is 1. The zero-order valence-corrected chi connectivity index (χ0v) is 14.8. The summed E-state index contributed by atoms with van der Waals surface area (Å²) in [6, 6.07) is 13.4. The lowest BCUT2D eigenvalue weighted by atomic mass is 9.91. The predicted molar refractivity (Wildman–Crippen MR) is 102 cm³/mol. The molecule has 26 heavy (non-hydrogen) atoms. The van der Waals surface area contributed by atoms with E-state index >= 15 is 0 Å². The van der Waals surface area contributed by atoms with Gasteiger partial charge in [-0.15, -0.1) is 0 Å². The summed E-state index contributed by atoms with van der Waals surface area (Å²) in [6.07, 6.45) is 0.673. The Bertz CT molecular complexity index is 858. The molecule has 0 aliphatic carbocycles. The van der Waals surface area contributed by atoms with E-state index in [9.17, 15) is 9.18 Å². The smallest absolute Gasteiger partial charge is 0.320 e. The van der Waals surface area contributed by atoms with Gasteiger partial charge < -0.3 is 5.32 Å². The van der Waals surface area contributed by atoms with E-state index in [1.165, 1.54) is 12.1 Å². The van der Waals surface area contributed by atoms with E-state index in [2.05, 4.69) is 15.6 Å². The van der Waals surface area contributed by atoms with Crippen molar-refractivity contribution in [1.29, 1.82) is 0 Å². The van der Waals surface area contributed by atoms with Gasteiger partial charge in [0.1, 0.15) is 11.7 Å². The third-order valence-electron chi connectivity index (χ3n) is 4.14. The highest BCUT2D eigenvalue weighted by atomic mass is 19.1. The highest BCUT2D eigenvalue weighted by Gasteiger charge is 2.27. The molecule has 1 aliphatic heterocycles. The second kappa shape index (κ2) is 7.91. The molecule has 1 aliphatic rings. The molecule has 2 aromatic rings. The van der Waals surface area contributed by atoms with Gasteiger partial charge in [0.2, 0.25) is 0 Å². The van der Waals surface area contributed by atoms with Crippen LogP contribution in [0.4, 0.5) is 20.6 Å². The van der Waals surface area contributed by atoms with Crippen LogP contribution in [0.15, 0.2) is 58.5 Å². The first-order chi connectivity index (χ1) is 12.6. The van der Waals surface area contributed by atoms with Crippen molar-refractivity contribution in [3.63, 3.8) is 0 Å². The summed E-state index contributed by atoms with van der Waals surface area (Å²) < 4.78 is 13.4. The number of aliphatic imine (C=N–C) groups is 2. The lowest BCUT2D eigenvalue weighted by molar-refractivity contribution is 0.245. The summed E-state index contributed by atoms with van der Waals surface area (Å²) in [6.45, 7) is 4.36. The Hall–Kier alpha value is -3.02. The van der Waals surface area contributed by atoms with Gasteiger partial charge in [-0.2, -0.15) is 0 Å². The number of amides is 2. The lowest BCUT2D eigenvalue weighted by Crippen LogP contribution is -2.43. The molecule has 3 rings (SSSR count). The summed E-state index contributed by atoms with van der Waals surface area (Å²) in [5.41, 5.74) is 3.13. The molecule has 1 heterocycles. The minimum atomic E-state index is -0.351. The van der Waals surface area contributed by atoms with Gasteiger partial charge in [0.25, 0.3) is 0 Å². The maximum absolute atomic E-state index is 13.4. The van der Waals surface area contributed by atoms with E-state index in [1.54, 1.807) is 12.1 Å². The Balaban J connectivity index is 2.13. The van der Waals surface area contributed by atoms with Crippen molar-refractivity contribution in [1.82, 2.24) is 10.6 Å². The largest absolute Gasteiger partial charge is 0.338 e. The van der Waals surface area contributed by atoms with E-state index in [4.69, 9.17) is 4.99 Å². The first-order valence-corrected chi connectivity index (χ1v) is 8.67. The summed E-state index contributed by atoms with van der Waals surface area (Å²) in [7, 11) is 0. The van der Waals surface area contributed by atoms with Gasteiger partial charge >= 0.3 is 6.03 Å². The van der Waals surface area contributed by atoms with Crippen LogP contribution >= 0.6 is 0 Å². The fourth-order valence-corrected chi connectivity index (χ4v) is 2.93. The van der Waals surface area contributed by atoms with Crippen molar-refractivity contribution < 1.29 is 9.18 Å². The molecular weight excluding hydrogens is 331 g/mol. The number of hydrogen-bond acceptors (Lipinski definition) is 3. The molecule has 0 aromatic heterocycles. The number of para-hydroxylation sites is 2. The molecule has 0 fully saturated rings. The number of nitrogens with one attached hydrogen (secondary N) is 2. The molecule has 1 atom stereocenters. The van der Waals surface area contributed by atoms with Crippen molar-refractivity contribution in [2.75, 3.05) is 6.54 Å². The van der Waals surface area contributed by atoms with Gasteiger partial charge in [0.05, 0.1) is 17.3 Å². The van der Waals surface area contributed by atoms with Crippen LogP contribution in [0.3, 0.4) is 0 Å². The maximum atomic E-state index is 13.4. The Labute approximate surface area is 152 Å². The average molecular weight is 352 g/mol. The van der Waals surface area contributed by atoms with Crippen LogP contribution in [-0.2, 0) is 0 Å². The predicted octanol–water partition coefficient (Wildman–Crippen LogP) is 4.45. The van der Waals surface area contributed by atoms with E-state index in [-0.39, 0.29) is 17.8 Å². The molecular formula is C20H21FN4O. The molecule has 5 nitrogen and oxygen atoms in total. The van der Waals surface area contributed by atoms with Crippen LogP contribution in [-0.4, -0.2) is 24.1 Å². The van der Waals surface area contributed by atoms with Gasteiger partial charge in [0, 0.05) is 12.3 Å². The molecule has 0 bridgehead atoms.